The first-order chi connectivity index (χ1) is 7.67. The average Bonchev–Trinajstić information content (AvgIpc) is 2.55. The summed E-state index contributed by atoms with van der Waals surface area (Å²) < 4.78 is 5.18. The number of carboxylic acids is 1. The Labute approximate surface area is 99.2 Å². The molecule has 0 aliphatic heterocycles. The van der Waals surface area contributed by atoms with Crippen molar-refractivity contribution in [3.63, 3.8) is 0 Å². The largest absolute Gasteiger partial charge is 0.480 e. The third-order valence-electron chi connectivity index (χ3n) is 2.76. The molecule has 0 aliphatic rings. The maximum absolute atomic E-state index is 12.1. The van der Waals surface area contributed by atoms with Crippen LogP contribution in [0.2, 0.25) is 0 Å². The summed E-state index contributed by atoms with van der Waals surface area (Å²) in [6, 6.07) is 0. The molecule has 0 saturated heterocycles. The number of aryl methyl sites for hydroxylation is 2. The third kappa shape index (κ3) is 2.30. The first kappa shape index (κ1) is 13.2. The number of amides is 1. The van der Waals surface area contributed by atoms with Gasteiger partial charge in [-0.15, -0.1) is 0 Å². The molecule has 1 aromatic rings. The van der Waals surface area contributed by atoms with Crippen LogP contribution in [0.15, 0.2) is 4.42 Å². The molecular formula is C11H16N2O4. The fraction of sp³-hybridized carbons (Fsp3) is 0.545. The van der Waals surface area contributed by atoms with Crippen LogP contribution < -0.4 is 0 Å². The Morgan fingerprint density at radius 3 is 2.24 bits per heavy atom. The van der Waals surface area contributed by atoms with Crippen LogP contribution in [0.1, 0.15) is 36.0 Å². The van der Waals surface area contributed by atoms with E-state index < -0.39 is 17.4 Å². The molecule has 1 N–H and O–H groups in total. The lowest BCUT2D eigenvalue weighted by atomic mass is 10.0. The number of rotatable bonds is 3. The molecule has 94 valence electrons. The van der Waals surface area contributed by atoms with E-state index >= 15 is 0 Å². The molecule has 0 aliphatic carbocycles. The van der Waals surface area contributed by atoms with E-state index in [1.807, 2.05) is 0 Å². The summed E-state index contributed by atoms with van der Waals surface area (Å²) in [4.78, 5) is 28.2. The van der Waals surface area contributed by atoms with Crippen molar-refractivity contribution in [2.45, 2.75) is 33.2 Å². The summed E-state index contributed by atoms with van der Waals surface area (Å²) in [5.74, 6) is -1.11. The molecule has 0 aromatic carbocycles. The van der Waals surface area contributed by atoms with E-state index in [-0.39, 0.29) is 5.76 Å². The number of carbonyl (C=O) groups is 2. The number of oxazole rings is 1. The Morgan fingerprint density at radius 2 is 1.88 bits per heavy atom. The second kappa shape index (κ2) is 4.20. The van der Waals surface area contributed by atoms with E-state index in [1.165, 1.54) is 20.9 Å². The van der Waals surface area contributed by atoms with Crippen molar-refractivity contribution in [2.24, 2.45) is 0 Å². The van der Waals surface area contributed by atoms with Gasteiger partial charge in [-0.1, -0.05) is 0 Å². The van der Waals surface area contributed by atoms with E-state index in [9.17, 15) is 9.59 Å². The van der Waals surface area contributed by atoms with E-state index in [0.29, 0.717) is 11.6 Å². The minimum atomic E-state index is -1.30. The quantitative estimate of drug-likeness (QED) is 0.858. The zero-order chi connectivity index (χ0) is 13.4. The van der Waals surface area contributed by atoms with E-state index in [4.69, 9.17) is 9.52 Å². The van der Waals surface area contributed by atoms with Gasteiger partial charge in [0.15, 0.2) is 5.89 Å². The van der Waals surface area contributed by atoms with Gasteiger partial charge >= 0.3 is 5.97 Å². The molecule has 6 heteroatoms. The number of carbonyl (C=O) groups excluding carboxylic acids is 1. The van der Waals surface area contributed by atoms with Gasteiger partial charge in [0.05, 0.1) is 5.69 Å². The monoisotopic (exact) mass is 240 g/mol. The molecule has 0 bridgehead atoms. The smallest absolute Gasteiger partial charge is 0.329 e. The minimum absolute atomic E-state index is 0.0827. The highest BCUT2D eigenvalue weighted by atomic mass is 16.4. The van der Waals surface area contributed by atoms with Crippen molar-refractivity contribution in [1.82, 2.24) is 9.88 Å². The van der Waals surface area contributed by atoms with E-state index in [1.54, 1.807) is 13.8 Å². The Balaban J connectivity index is 3.06. The molecule has 0 radical (unpaired) electrons. The number of carboxylic acid groups (broad SMARTS) is 1. The number of likely N-dealkylation sites (N-methyl/N-ethyl adjacent to an activating group) is 1. The zero-order valence-corrected chi connectivity index (χ0v) is 10.6. The van der Waals surface area contributed by atoms with Gasteiger partial charge in [-0.05, 0) is 20.8 Å². The highest BCUT2D eigenvalue weighted by Gasteiger charge is 2.37. The number of aromatic nitrogens is 1. The lowest BCUT2D eigenvalue weighted by molar-refractivity contribution is -0.147. The number of aliphatic carboxylic acids is 1. The summed E-state index contributed by atoms with van der Waals surface area (Å²) in [7, 11) is 1.42. The van der Waals surface area contributed by atoms with E-state index in [2.05, 4.69) is 4.98 Å². The van der Waals surface area contributed by atoms with Crippen molar-refractivity contribution >= 4 is 11.9 Å². The van der Waals surface area contributed by atoms with Crippen molar-refractivity contribution in [2.75, 3.05) is 7.05 Å². The third-order valence-corrected chi connectivity index (χ3v) is 2.76. The maximum atomic E-state index is 12.1. The molecule has 1 aromatic heterocycles. The van der Waals surface area contributed by atoms with Gasteiger partial charge in [0, 0.05) is 14.0 Å². The number of nitrogens with zero attached hydrogens (tertiary/aromatic N) is 2. The normalized spacial score (nSPS) is 11.4. The summed E-state index contributed by atoms with van der Waals surface area (Å²) in [5.41, 5.74) is -0.843. The molecule has 17 heavy (non-hydrogen) atoms. The Hall–Kier alpha value is -1.85. The molecule has 0 atom stereocenters. The minimum Gasteiger partial charge on any atom is -0.480 e. The van der Waals surface area contributed by atoms with Crippen molar-refractivity contribution in [1.29, 1.82) is 0 Å². The highest BCUT2D eigenvalue weighted by molar-refractivity contribution is 5.96. The second-order valence-electron chi connectivity index (χ2n) is 4.38. The van der Waals surface area contributed by atoms with Crippen LogP contribution in [0.4, 0.5) is 0 Å². The van der Waals surface area contributed by atoms with Gasteiger partial charge in [0.25, 0.3) is 5.91 Å². The molecule has 1 rings (SSSR count). The fourth-order valence-electron chi connectivity index (χ4n) is 1.28. The van der Waals surface area contributed by atoms with Crippen LogP contribution in [0.3, 0.4) is 0 Å². The van der Waals surface area contributed by atoms with Crippen molar-refractivity contribution in [3.8, 4) is 0 Å². The molecule has 0 unspecified atom stereocenters. The molecule has 6 nitrogen and oxygen atoms in total. The topological polar surface area (TPSA) is 83.6 Å². The Kier molecular flexibility index (Phi) is 3.26. The van der Waals surface area contributed by atoms with Crippen LogP contribution in [0, 0.1) is 13.8 Å². The predicted molar refractivity (Wildman–Crippen MR) is 59.8 cm³/mol. The standard InChI is InChI=1S/C11H16N2O4/c1-6-8(17-7(2)12-6)9(14)13(5)11(3,4)10(15)16/h1-5H3,(H,15,16). The van der Waals surface area contributed by atoms with Gasteiger partial charge in [-0.3, -0.25) is 4.79 Å². The zero-order valence-electron chi connectivity index (χ0n) is 10.6. The number of hydrogen-bond acceptors (Lipinski definition) is 4. The molecule has 0 spiro atoms. The van der Waals surface area contributed by atoms with E-state index in [0.717, 1.165) is 4.90 Å². The van der Waals surface area contributed by atoms with Crippen molar-refractivity contribution < 1.29 is 19.1 Å². The molecule has 1 heterocycles. The summed E-state index contributed by atoms with van der Waals surface area (Å²) in [6.07, 6.45) is 0. The fourth-order valence-corrected chi connectivity index (χ4v) is 1.28. The maximum Gasteiger partial charge on any atom is 0.329 e. The first-order valence-electron chi connectivity index (χ1n) is 5.13. The lowest BCUT2D eigenvalue weighted by Crippen LogP contribution is -2.50. The van der Waals surface area contributed by atoms with Crippen LogP contribution in [-0.4, -0.2) is 39.5 Å². The van der Waals surface area contributed by atoms with Crippen LogP contribution in [0.5, 0.6) is 0 Å². The van der Waals surface area contributed by atoms with Crippen LogP contribution >= 0.6 is 0 Å². The highest BCUT2D eigenvalue weighted by Crippen LogP contribution is 2.18. The van der Waals surface area contributed by atoms with Gasteiger partial charge in [-0.2, -0.15) is 0 Å². The molecule has 0 saturated carbocycles. The Bertz CT molecular complexity index is 462. The van der Waals surface area contributed by atoms with Gasteiger partial charge < -0.3 is 14.4 Å². The first-order valence-corrected chi connectivity index (χ1v) is 5.13. The van der Waals surface area contributed by atoms with Crippen molar-refractivity contribution in [3.05, 3.63) is 17.3 Å². The molecule has 0 fully saturated rings. The Morgan fingerprint density at radius 1 is 1.35 bits per heavy atom. The average molecular weight is 240 g/mol. The second-order valence-corrected chi connectivity index (χ2v) is 4.38. The van der Waals surface area contributed by atoms with Gasteiger partial charge in [0.1, 0.15) is 5.54 Å². The molecule has 1 amide bonds. The van der Waals surface area contributed by atoms with Crippen LogP contribution in [0.25, 0.3) is 0 Å². The molecular weight excluding hydrogens is 224 g/mol. The predicted octanol–water partition coefficient (Wildman–Crippen LogP) is 1.23. The van der Waals surface area contributed by atoms with Gasteiger partial charge in [0.2, 0.25) is 5.76 Å². The van der Waals surface area contributed by atoms with Gasteiger partial charge in [-0.25, -0.2) is 9.78 Å². The summed E-state index contributed by atoms with van der Waals surface area (Å²) in [6.45, 7) is 6.18. The number of hydrogen-bond donors (Lipinski definition) is 1. The SMILES string of the molecule is Cc1nc(C)c(C(=O)N(C)C(C)(C)C(=O)O)o1. The lowest BCUT2D eigenvalue weighted by Gasteiger charge is -2.30. The summed E-state index contributed by atoms with van der Waals surface area (Å²) >= 11 is 0. The van der Waals surface area contributed by atoms with Crippen LogP contribution in [-0.2, 0) is 4.79 Å². The summed E-state index contributed by atoms with van der Waals surface area (Å²) in [5, 5.41) is 9.04.